The van der Waals surface area contributed by atoms with Crippen molar-refractivity contribution in [3.63, 3.8) is 0 Å². The van der Waals surface area contributed by atoms with E-state index in [0.717, 1.165) is 12.1 Å². The Balaban J connectivity index is 1.77. The Morgan fingerprint density at radius 2 is 1.90 bits per heavy atom. The van der Waals surface area contributed by atoms with Gasteiger partial charge in [-0.2, -0.15) is 13.2 Å². The molecule has 2 heterocycles. The summed E-state index contributed by atoms with van der Waals surface area (Å²) in [6.07, 6.45) is -2.70. The monoisotopic (exact) mass is 438 g/mol. The molecule has 1 saturated heterocycles. The van der Waals surface area contributed by atoms with Gasteiger partial charge in [0.25, 0.3) is 5.56 Å². The van der Waals surface area contributed by atoms with Gasteiger partial charge < -0.3 is 19.3 Å². The van der Waals surface area contributed by atoms with E-state index in [9.17, 15) is 27.9 Å². The van der Waals surface area contributed by atoms with Gasteiger partial charge in [-0.05, 0) is 63.4 Å². The lowest BCUT2D eigenvalue weighted by Gasteiger charge is -2.24. The maximum Gasteiger partial charge on any atom is 0.416 e. The van der Waals surface area contributed by atoms with Crippen molar-refractivity contribution in [3.05, 3.63) is 52.4 Å². The Hall–Kier alpha value is -2.97. The molecule has 1 aliphatic rings. The molecule has 0 aliphatic carbocycles. The summed E-state index contributed by atoms with van der Waals surface area (Å²) in [6, 6.07) is 5.61. The van der Waals surface area contributed by atoms with Crippen LogP contribution in [0.25, 0.3) is 11.1 Å². The van der Waals surface area contributed by atoms with Gasteiger partial charge in [-0.15, -0.1) is 0 Å². The van der Waals surface area contributed by atoms with Gasteiger partial charge in [0.1, 0.15) is 11.4 Å². The zero-order valence-electron chi connectivity index (χ0n) is 17.6. The van der Waals surface area contributed by atoms with Gasteiger partial charge in [-0.1, -0.05) is 0 Å². The van der Waals surface area contributed by atoms with Crippen LogP contribution in [-0.4, -0.2) is 39.4 Å². The van der Waals surface area contributed by atoms with Crippen molar-refractivity contribution in [2.75, 3.05) is 13.1 Å². The van der Waals surface area contributed by atoms with Gasteiger partial charge >= 0.3 is 12.3 Å². The van der Waals surface area contributed by atoms with E-state index in [1.807, 2.05) is 0 Å². The average molecular weight is 438 g/mol. The molecule has 1 amide bonds. The van der Waals surface area contributed by atoms with Crippen LogP contribution in [0.4, 0.5) is 18.0 Å². The van der Waals surface area contributed by atoms with Gasteiger partial charge in [0.05, 0.1) is 11.1 Å². The van der Waals surface area contributed by atoms with Crippen LogP contribution in [0.2, 0.25) is 0 Å². The number of benzene rings is 1. The first-order chi connectivity index (χ1) is 14.3. The SMILES string of the molecule is CC(C)(C)OC(=O)N1CCC(Cn2cccc(-c3ccc(C(F)(F)F)cc3O)c2=O)C1. The van der Waals surface area contributed by atoms with E-state index in [1.54, 1.807) is 37.9 Å². The molecule has 1 atom stereocenters. The van der Waals surface area contributed by atoms with Crippen LogP contribution >= 0.6 is 0 Å². The van der Waals surface area contributed by atoms with Gasteiger partial charge in [-0.25, -0.2) is 4.79 Å². The van der Waals surface area contributed by atoms with Crippen molar-refractivity contribution in [1.82, 2.24) is 9.47 Å². The Kier molecular flexibility index (Phi) is 6.07. The summed E-state index contributed by atoms with van der Waals surface area (Å²) in [5, 5.41) is 10.1. The molecule has 3 rings (SSSR count). The van der Waals surface area contributed by atoms with Crippen molar-refractivity contribution >= 4 is 6.09 Å². The number of aromatic hydroxyl groups is 1. The maximum atomic E-state index is 12.9. The minimum absolute atomic E-state index is 0.0293. The molecule has 1 fully saturated rings. The van der Waals surface area contributed by atoms with Gasteiger partial charge in [0.2, 0.25) is 0 Å². The number of halogens is 3. The van der Waals surface area contributed by atoms with Crippen molar-refractivity contribution in [2.45, 2.75) is 45.5 Å². The molecule has 31 heavy (non-hydrogen) atoms. The number of phenols is 1. The minimum Gasteiger partial charge on any atom is -0.507 e. The summed E-state index contributed by atoms with van der Waals surface area (Å²) in [6.45, 7) is 6.68. The zero-order valence-corrected chi connectivity index (χ0v) is 17.6. The van der Waals surface area contributed by atoms with Crippen LogP contribution in [0.3, 0.4) is 0 Å². The smallest absolute Gasteiger partial charge is 0.416 e. The zero-order chi connectivity index (χ0) is 23.0. The van der Waals surface area contributed by atoms with Crippen LogP contribution in [-0.2, 0) is 17.5 Å². The molecule has 1 aliphatic heterocycles. The van der Waals surface area contributed by atoms with Gasteiger partial charge in [0, 0.05) is 31.4 Å². The van der Waals surface area contributed by atoms with E-state index in [-0.39, 0.29) is 17.0 Å². The predicted octanol–water partition coefficient (Wildman–Crippen LogP) is 4.50. The first kappa shape index (κ1) is 22.7. The van der Waals surface area contributed by atoms with Crippen LogP contribution in [0, 0.1) is 5.92 Å². The molecule has 0 radical (unpaired) electrons. The Bertz CT molecular complexity index is 1020. The lowest BCUT2D eigenvalue weighted by molar-refractivity contribution is -0.137. The third kappa shape index (κ3) is 5.39. The molecular formula is C22H25F3N2O4. The number of nitrogens with zero attached hydrogens (tertiary/aromatic N) is 2. The minimum atomic E-state index is -4.59. The summed E-state index contributed by atoms with van der Waals surface area (Å²) in [4.78, 5) is 26.8. The molecule has 0 saturated carbocycles. The second kappa shape index (κ2) is 8.28. The summed E-state index contributed by atoms with van der Waals surface area (Å²) in [5.41, 5.74) is -1.86. The van der Waals surface area contributed by atoms with E-state index in [4.69, 9.17) is 4.74 Å². The summed E-state index contributed by atoms with van der Waals surface area (Å²) in [5.74, 6) is -0.580. The lowest BCUT2D eigenvalue weighted by Crippen LogP contribution is -2.35. The van der Waals surface area contributed by atoms with Crippen molar-refractivity contribution in [2.24, 2.45) is 5.92 Å². The summed E-state index contributed by atoms with van der Waals surface area (Å²) < 4.78 is 45.3. The fourth-order valence-corrected chi connectivity index (χ4v) is 3.57. The number of carbonyl (C=O) groups excluding carboxylic acids is 1. The fraction of sp³-hybridized carbons (Fsp3) is 0.455. The van der Waals surface area contributed by atoms with Gasteiger partial charge in [-0.3, -0.25) is 4.79 Å². The molecule has 1 aromatic carbocycles. The van der Waals surface area contributed by atoms with Crippen LogP contribution in [0.5, 0.6) is 5.75 Å². The number of hydrogen-bond acceptors (Lipinski definition) is 4. The highest BCUT2D eigenvalue weighted by atomic mass is 19.4. The normalized spacial score (nSPS) is 17.1. The van der Waals surface area contributed by atoms with E-state index < -0.39 is 34.7 Å². The third-order valence-corrected chi connectivity index (χ3v) is 5.03. The molecule has 0 bridgehead atoms. The number of likely N-dealkylation sites (tertiary alicyclic amines) is 1. The van der Waals surface area contributed by atoms with Crippen LogP contribution in [0.1, 0.15) is 32.8 Å². The van der Waals surface area contributed by atoms with Crippen molar-refractivity contribution < 1.29 is 27.8 Å². The number of ether oxygens (including phenoxy) is 1. The van der Waals surface area contributed by atoms with Gasteiger partial charge in [0.15, 0.2) is 0 Å². The largest absolute Gasteiger partial charge is 0.507 e. The number of pyridine rings is 1. The molecule has 1 unspecified atom stereocenters. The first-order valence-electron chi connectivity index (χ1n) is 9.93. The Morgan fingerprint density at radius 1 is 1.19 bits per heavy atom. The van der Waals surface area contributed by atoms with Crippen LogP contribution in [0.15, 0.2) is 41.3 Å². The molecular weight excluding hydrogens is 413 g/mol. The number of carbonyl (C=O) groups is 1. The van der Waals surface area contributed by atoms with Crippen molar-refractivity contribution in [1.29, 1.82) is 0 Å². The van der Waals surface area contributed by atoms with E-state index in [0.29, 0.717) is 32.1 Å². The highest BCUT2D eigenvalue weighted by molar-refractivity contribution is 5.70. The molecule has 168 valence electrons. The van der Waals surface area contributed by atoms with Crippen LogP contribution < -0.4 is 5.56 Å². The molecule has 6 nitrogen and oxygen atoms in total. The number of amides is 1. The predicted molar refractivity (Wildman–Crippen MR) is 109 cm³/mol. The van der Waals surface area contributed by atoms with E-state index >= 15 is 0 Å². The third-order valence-electron chi connectivity index (χ3n) is 5.03. The number of hydrogen-bond donors (Lipinski definition) is 1. The van der Waals surface area contributed by atoms with E-state index in [2.05, 4.69) is 0 Å². The fourth-order valence-electron chi connectivity index (χ4n) is 3.57. The lowest BCUT2D eigenvalue weighted by atomic mass is 10.0. The maximum absolute atomic E-state index is 12.9. The summed E-state index contributed by atoms with van der Waals surface area (Å²) >= 11 is 0. The molecule has 0 spiro atoms. The molecule has 1 N–H and O–H groups in total. The van der Waals surface area contributed by atoms with Crippen molar-refractivity contribution in [3.8, 4) is 16.9 Å². The number of phenolic OH excluding ortho intramolecular Hbond substituents is 1. The highest BCUT2D eigenvalue weighted by Gasteiger charge is 2.32. The number of rotatable bonds is 3. The van der Waals surface area contributed by atoms with E-state index in [1.165, 1.54) is 10.6 Å². The second-order valence-electron chi connectivity index (χ2n) is 8.69. The molecule has 1 aromatic heterocycles. The summed E-state index contributed by atoms with van der Waals surface area (Å²) in [7, 11) is 0. The highest BCUT2D eigenvalue weighted by Crippen LogP contribution is 2.35. The molecule has 2 aromatic rings. The number of aromatic nitrogens is 1. The second-order valence-corrected chi connectivity index (χ2v) is 8.69. The topological polar surface area (TPSA) is 71.8 Å². The standard InChI is InChI=1S/C22H25F3N2O4/c1-21(2,3)31-20(30)27-10-8-14(13-27)12-26-9-4-5-17(19(26)29)16-7-6-15(11-18(16)28)22(23,24)25/h4-7,9,11,14,28H,8,10,12-13H2,1-3H3. The first-order valence-corrected chi connectivity index (χ1v) is 9.93. The number of alkyl halides is 3. The average Bonchev–Trinajstić information content (AvgIpc) is 3.10. The molecule has 9 heteroatoms. The quantitative estimate of drug-likeness (QED) is 0.766. The Labute approximate surface area is 177 Å². The Morgan fingerprint density at radius 3 is 2.52 bits per heavy atom.